The van der Waals surface area contributed by atoms with Gasteiger partial charge in [-0.25, -0.2) is 0 Å². The third-order valence-electron chi connectivity index (χ3n) is 2.98. The molecule has 0 saturated carbocycles. The van der Waals surface area contributed by atoms with Crippen LogP contribution in [-0.2, 0) is 11.3 Å². The van der Waals surface area contributed by atoms with E-state index in [1.165, 1.54) is 0 Å². The van der Waals surface area contributed by atoms with Crippen molar-refractivity contribution in [3.05, 3.63) is 58.6 Å². The van der Waals surface area contributed by atoms with Crippen molar-refractivity contribution in [2.75, 3.05) is 13.2 Å². The molecule has 1 fully saturated rings. The predicted octanol–water partition coefficient (Wildman–Crippen LogP) is 3.81. The van der Waals surface area contributed by atoms with Gasteiger partial charge < -0.3 is 14.2 Å². The summed E-state index contributed by atoms with van der Waals surface area (Å²) in [7, 11) is 0. The lowest BCUT2D eigenvalue weighted by Gasteiger charge is -2.08. The molecule has 3 nitrogen and oxygen atoms in total. The minimum absolute atomic E-state index is 0.287. The first kappa shape index (κ1) is 13.5. The van der Waals surface area contributed by atoms with Gasteiger partial charge in [-0.1, -0.05) is 28.1 Å². The molecule has 1 atom stereocenters. The molecule has 0 N–H and O–H groups in total. The quantitative estimate of drug-likeness (QED) is 0.753. The predicted molar refractivity (Wildman–Crippen MR) is 80.2 cm³/mol. The Morgan fingerprint density at radius 1 is 0.950 bits per heavy atom. The van der Waals surface area contributed by atoms with Gasteiger partial charge in [-0.05, 0) is 42.0 Å². The number of ether oxygens (including phenoxy) is 3. The third kappa shape index (κ3) is 3.99. The van der Waals surface area contributed by atoms with Crippen molar-refractivity contribution in [2.24, 2.45) is 0 Å². The van der Waals surface area contributed by atoms with Crippen molar-refractivity contribution >= 4 is 15.9 Å². The van der Waals surface area contributed by atoms with Crippen LogP contribution in [0.4, 0.5) is 0 Å². The van der Waals surface area contributed by atoms with Crippen molar-refractivity contribution in [3.8, 4) is 11.5 Å². The van der Waals surface area contributed by atoms with Gasteiger partial charge in [0.2, 0.25) is 0 Å². The molecule has 1 aliphatic rings. The number of epoxide rings is 1. The zero-order valence-corrected chi connectivity index (χ0v) is 12.5. The van der Waals surface area contributed by atoms with Crippen LogP contribution in [0.15, 0.2) is 53.0 Å². The number of benzene rings is 2. The summed E-state index contributed by atoms with van der Waals surface area (Å²) in [6.45, 7) is 2.00. The molecule has 104 valence electrons. The topological polar surface area (TPSA) is 31.0 Å². The van der Waals surface area contributed by atoms with Crippen molar-refractivity contribution in [1.82, 2.24) is 0 Å². The summed E-state index contributed by atoms with van der Waals surface area (Å²) in [4.78, 5) is 0. The number of hydrogen-bond acceptors (Lipinski definition) is 3. The monoisotopic (exact) mass is 334 g/mol. The lowest BCUT2D eigenvalue weighted by molar-refractivity contribution is 0.262. The Morgan fingerprint density at radius 2 is 1.55 bits per heavy atom. The van der Waals surface area contributed by atoms with Crippen molar-refractivity contribution in [3.63, 3.8) is 0 Å². The molecular formula is C16H15BrO3. The second-order valence-electron chi connectivity index (χ2n) is 4.65. The van der Waals surface area contributed by atoms with E-state index >= 15 is 0 Å². The number of halogens is 1. The van der Waals surface area contributed by atoms with Crippen molar-refractivity contribution in [2.45, 2.75) is 12.7 Å². The summed E-state index contributed by atoms with van der Waals surface area (Å²) in [5.41, 5.74) is 1.11. The Morgan fingerprint density at radius 3 is 2.20 bits per heavy atom. The van der Waals surface area contributed by atoms with E-state index in [1.807, 2.05) is 48.5 Å². The van der Waals surface area contributed by atoms with Crippen LogP contribution in [-0.4, -0.2) is 19.3 Å². The largest absolute Gasteiger partial charge is 0.491 e. The fourth-order valence-electron chi connectivity index (χ4n) is 1.73. The standard InChI is InChI=1S/C16H15BrO3/c17-13-3-7-15(8-4-13)18-9-12-1-5-14(6-2-12)19-10-16-11-20-16/h1-8,16H,9-11H2. The van der Waals surface area contributed by atoms with Crippen molar-refractivity contribution in [1.29, 1.82) is 0 Å². The lowest BCUT2D eigenvalue weighted by Crippen LogP contribution is -2.04. The molecule has 0 aliphatic carbocycles. The molecule has 3 rings (SSSR count). The number of rotatable bonds is 6. The Labute approximate surface area is 126 Å². The second kappa shape index (κ2) is 6.29. The van der Waals surface area contributed by atoms with Gasteiger partial charge in [0.25, 0.3) is 0 Å². The van der Waals surface area contributed by atoms with E-state index in [0.29, 0.717) is 13.2 Å². The Balaban J connectivity index is 1.50. The van der Waals surface area contributed by atoms with Crippen LogP contribution >= 0.6 is 15.9 Å². The molecule has 2 aromatic rings. The number of hydrogen-bond donors (Lipinski definition) is 0. The average molecular weight is 335 g/mol. The molecule has 0 radical (unpaired) electrons. The van der Waals surface area contributed by atoms with E-state index in [1.54, 1.807) is 0 Å². The van der Waals surface area contributed by atoms with Crippen LogP contribution in [0.2, 0.25) is 0 Å². The fourth-order valence-corrected chi connectivity index (χ4v) is 2.00. The second-order valence-corrected chi connectivity index (χ2v) is 5.57. The first-order valence-corrected chi connectivity index (χ1v) is 7.30. The van der Waals surface area contributed by atoms with Gasteiger partial charge >= 0.3 is 0 Å². The van der Waals surface area contributed by atoms with Crippen LogP contribution in [0.3, 0.4) is 0 Å². The molecule has 0 spiro atoms. The van der Waals surface area contributed by atoms with Crippen LogP contribution in [0.25, 0.3) is 0 Å². The van der Waals surface area contributed by atoms with Gasteiger partial charge in [0.15, 0.2) is 0 Å². The molecular weight excluding hydrogens is 320 g/mol. The van der Waals surface area contributed by atoms with E-state index in [2.05, 4.69) is 15.9 Å². The van der Waals surface area contributed by atoms with Gasteiger partial charge in [0, 0.05) is 4.47 Å². The van der Waals surface area contributed by atoms with Crippen LogP contribution in [0, 0.1) is 0 Å². The SMILES string of the molecule is Brc1ccc(OCc2ccc(OCC3CO3)cc2)cc1. The van der Waals surface area contributed by atoms with Gasteiger partial charge in [0.05, 0.1) is 6.61 Å². The van der Waals surface area contributed by atoms with Crippen LogP contribution < -0.4 is 9.47 Å². The summed E-state index contributed by atoms with van der Waals surface area (Å²) < 4.78 is 17.5. The summed E-state index contributed by atoms with van der Waals surface area (Å²) in [5, 5.41) is 0. The summed E-state index contributed by atoms with van der Waals surface area (Å²) in [5.74, 6) is 1.73. The summed E-state index contributed by atoms with van der Waals surface area (Å²) >= 11 is 3.40. The minimum Gasteiger partial charge on any atom is -0.491 e. The van der Waals surface area contributed by atoms with Gasteiger partial charge in [-0.2, -0.15) is 0 Å². The van der Waals surface area contributed by atoms with Crippen molar-refractivity contribution < 1.29 is 14.2 Å². The maximum absolute atomic E-state index is 5.71. The molecule has 0 bridgehead atoms. The zero-order valence-electron chi connectivity index (χ0n) is 10.9. The van der Waals surface area contributed by atoms with Gasteiger partial charge in [-0.15, -0.1) is 0 Å². The zero-order chi connectivity index (χ0) is 13.8. The van der Waals surface area contributed by atoms with E-state index in [-0.39, 0.29) is 6.10 Å². The molecule has 1 unspecified atom stereocenters. The van der Waals surface area contributed by atoms with Crippen LogP contribution in [0.5, 0.6) is 11.5 Å². The Bertz CT molecular complexity index is 547. The minimum atomic E-state index is 0.287. The highest BCUT2D eigenvalue weighted by molar-refractivity contribution is 9.10. The maximum atomic E-state index is 5.71. The molecule has 1 heterocycles. The molecule has 20 heavy (non-hydrogen) atoms. The molecule has 0 amide bonds. The smallest absolute Gasteiger partial charge is 0.119 e. The first-order chi connectivity index (χ1) is 9.79. The molecule has 1 saturated heterocycles. The lowest BCUT2D eigenvalue weighted by atomic mass is 10.2. The van der Waals surface area contributed by atoms with Gasteiger partial charge in [-0.3, -0.25) is 0 Å². The molecule has 4 heteroatoms. The third-order valence-corrected chi connectivity index (χ3v) is 3.51. The highest BCUT2D eigenvalue weighted by atomic mass is 79.9. The van der Waals surface area contributed by atoms with Gasteiger partial charge in [0.1, 0.15) is 30.8 Å². The normalized spacial score (nSPS) is 16.8. The highest BCUT2D eigenvalue weighted by Gasteiger charge is 2.22. The Hall–Kier alpha value is -1.52. The molecule has 1 aliphatic heterocycles. The average Bonchev–Trinajstić information content (AvgIpc) is 3.30. The van der Waals surface area contributed by atoms with Crippen LogP contribution in [0.1, 0.15) is 5.56 Å². The summed E-state index contributed by atoms with van der Waals surface area (Å²) in [6, 6.07) is 15.8. The molecule has 2 aromatic carbocycles. The Kier molecular flexibility index (Phi) is 4.23. The maximum Gasteiger partial charge on any atom is 0.119 e. The van der Waals surface area contributed by atoms with E-state index in [9.17, 15) is 0 Å². The van der Waals surface area contributed by atoms with E-state index in [4.69, 9.17) is 14.2 Å². The summed E-state index contributed by atoms with van der Waals surface area (Å²) in [6.07, 6.45) is 0.287. The fraction of sp³-hybridized carbons (Fsp3) is 0.250. The molecule has 0 aromatic heterocycles. The first-order valence-electron chi connectivity index (χ1n) is 6.51. The highest BCUT2D eigenvalue weighted by Crippen LogP contribution is 2.19. The van der Waals surface area contributed by atoms with E-state index < -0.39 is 0 Å². The van der Waals surface area contributed by atoms with E-state index in [0.717, 1.165) is 28.1 Å².